The molecule has 0 heterocycles. The van der Waals surface area contributed by atoms with E-state index in [1.807, 2.05) is 0 Å². The van der Waals surface area contributed by atoms with Gasteiger partial charge in [-0.15, -0.1) is 0 Å². The number of nitrogens with zero attached hydrogens (tertiary/aromatic N) is 1. The molecule has 0 unspecified atom stereocenters. The molecule has 1 aromatic carbocycles. The molecule has 0 spiro atoms. The Morgan fingerprint density at radius 1 is 1.12 bits per heavy atom. The lowest BCUT2D eigenvalue weighted by atomic mass is 10.2. The molecule has 1 heteroatoms. The van der Waals surface area contributed by atoms with E-state index in [9.17, 15) is 0 Å². The molecule has 0 radical (unpaired) electrons. The lowest BCUT2D eigenvalue weighted by Gasteiger charge is -2.18. The average molecular weight is 217 g/mol. The van der Waals surface area contributed by atoms with Gasteiger partial charge in [-0.05, 0) is 25.1 Å². The van der Waals surface area contributed by atoms with Crippen LogP contribution >= 0.6 is 0 Å². The van der Waals surface area contributed by atoms with Crippen molar-refractivity contribution in [1.29, 1.82) is 0 Å². The highest BCUT2D eigenvalue weighted by Gasteiger charge is 1.96. The van der Waals surface area contributed by atoms with E-state index in [0.717, 1.165) is 13.1 Å². The Morgan fingerprint density at radius 3 is 2.50 bits per heavy atom. The zero-order valence-corrected chi connectivity index (χ0v) is 10.5. The van der Waals surface area contributed by atoms with Crippen molar-refractivity contribution in [3.63, 3.8) is 0 Å². The minimum absolute atomic E-state index is 1.01. The van der Waals surface area contributed by atoms with Crippen LogP contribution in [-0.4, -0.2) is 11.4 Å². The average Bonchev–Trinajstić information content (AvgIpc) is 2.34. The van der Waals surface area contributed by atoms with Gasteiger partial charge in [0.05, 0.1) is 0 Å². The Hall–Kier alpha value is -1.24. The van der Waals surface area contributed by atoms with Crippen LogP contribution in [0.4, 0.5) is 0 Å². The highest BCUT2D eigenvalue weighted by atomic mass is 15.1. The second kappa shape index (κ2) is 7.98. The topological polar surface area (TPSA) is 3.24 Å². The fourth-order valence-electron chi connectivity index (χ4n) is 1.63. The molecule has 0 aliphatic heterocycles. The van der Waals surface area contributed by atoms with Gasteiger partial charge in [-0.2, -0.15) is 0 Å². The van der Waals surface area contributed by atoms with Crippen molar-refractivity contribution in [2.24, 2.45) is 0 Å². The fraction of sp³-hybridized carbons (Fsp3) is 0.467. The molecule has 0 amide bonds. The van der Waals surface area contributed by atoms with Crippen LogP contribution in [0.1, 0.15) is 38.7 Å². The third kappa shape index (κ3) is 5.01. The van der Waals surface area contributed by atoms with Crippen molar-refractivity contribution in [2.75, 3.05) is 6.54 Å². The third-order valence-electron chi connectivity index (χ3n) is 2.68. The van der Waals surface area contributed by atoms with Gasteiger partial charge in [0.2, 0.25) is 0 Å². The fourth-order valence-corrected chi connectivity index (χ4v) is 1.63. The molecule has 16 heavy (non-hydrogen) atoms. The van der Waals surface area contributed by atoms with Crippen molar-refractivity contribution in [1.82, 2.24) is 4.90 Å². The van der Waals surface area contributed by atoms with Crippen LogP contribution < -0.4 is 0 Å². The van der Waals surface area contributed by atoms with Crippen molar-refractivity contribution in [3.05, 3.63) is 48.2 Å². The van der Waals surface area contributed by atoms with Crippen molar-refractivity contribution in [3.8, 4) is 0 Å². The SMILES string of the molecule is CCCC/C=C/N(CC)Cc1ccccc1. The third-order valence-corrected chi connectivity index (χ3v) is 2.68. The van der Waals surface area contributed by atoms with Gasteiger partial charge >= 0.3 is 0 Å². The summed E-state index contributed by atoms with van der Waals surface area (Å²) in [4.78, 5) is 2.35. The second-order valence-corrected chi connectivity index (χ2v) is 4.08. The second-order valence-electron chi connectivity index (χ2n) is 4.08. The molecule has 0 aromatic heterocycles. The molecule has 0 aliphatic rings. The molecule has 0 saturated carbocycles. The number of allylic oxidation sites excluding steroid dienone is 1. The molecule has 1 nitrogen and oxygen atoms in total. The summed E-state index contributed by atoms with van der Waals surface area (Å²) in [5.74, 6) is 0. The quantitative estimate of drug-likeness (QED) is 0.618. The molecule has 0 saturated heterocycles. The van der Waals surface area contributed by atoms with Crippen LogP contribution in [0.5, 0.6) is 0 Å². The van der Waals surface area contributed by atoms with E-state index in [2.05, 4.69) is 61.4 Å². The summed E-state index contributed by atoms with van der Waals surface area (Å²) in [7, 11) is 0. The van der Waals surface area contributed by atoms with Crippen molar-refractivity contribution in [2.45, 2.75) is 39.7 Å². The Kier molecular flexibility index (Phi) is 6.39. The predicted octanol–water partition coefficient (Wildman–Crippen LogP) is 4.21. The van der Waals surface area contributed by atoms with E-state index in [4.69, 9.17) is 0 Å². The first-order valence-corrected chi connectivity index (χ1v) is 6.31. The van der Waals surface area contributed by atoms with Gasteiger partial charge < -0.3 is 4.90 Å². The number of unbranched alkanes of at least 4 members (excludes halogenated alkanes) is 2. The predicted molar refractivity (Wildman–Crippen MR) is 71.2 cm³/mol. The van der Waals surface area contributed by atoms with Crippen LogP contribution in [-0.2, 0) is 6.54 Å². The summed E-state index contributed by atoms with van der Waals surface area (Å²) in [6.07, 6.45) is 8.29. The van der Waals surface area contributed by atoms with E-state index in [-0.39, 0.29) is 0 Å². The zero-order chi connectivity index (χ0) is 11.6. The first-order valence-electron chi connectivity index (χ1n) is 6.31. The van der Waals surface area contributed by atoms with Crippen molar-refractivity contribution >= 4 is 0 Å². The standard InChI is InChI=1S/C15H23N/c1-3-5-6-10-13-16(4-2)14-15-11-8-7-9-12-15/h7-13H,3-6,14H2,1-2H3/b13-10+. The summed E-state index contributed by atoms with van der Waals surface area (Å²) in [6.45, 7) is 6.51. The Bertz CT molecular complexity index is 290. The van der Waals surface area contributed by atoms with Crippen LogP contribution in [0.3, 0.4) is 0 Å². The summed E-state index contributed by atoms with van der Waals surface area (Å²) in [5, 5.41) is 0. The monoisotopic (exact) mass is 217 g/mol. The number of hydrogen-bond donors (Lipinski definition) is 0. The Balaban J connectivity index is 2.40. The maximum Gasteiger partial charge on any atom is 0.0423 e. The summed E-state index contributed by atoms with van der Waals surface area (Å²) >= 11 is 0. The van der Waals surface area contributed by atoms with Crippen LogP contribution in [0.25, 0.3) is 0 Å². The van der Waals surface area contributed by atoms with E-state index in [1.165, 1.54) is 24.8 Å². The Labute approximate surface area is 99.8 Å². The molecule has 0 N–H and O–H groups in total. The summed E-state index contributed by atoms with van der Waals surface area (Å²) in [5.41, 5.74) is 1.38. The highest BCUT2D eigenvalue weighted by Crippen LogP contribution is 2.05. The molecule has 0 fully saturated rings. The first kappa shape index (κ1) is 12.8. The smallest absolute Gasteiger partial charge is 0.0423 e. The first-order chi connectivity index (χ1) is 7.86. The maximum atomic E-state index is 2.35. The summed E-state index contributed by atoms with van der Waals surface area (Å²) < 4.78 is 0. The van der Waals surface area contributed by atoms with Crippen LogP contribution in [0.15, 0.2) is 42.6 Å². The van der Waals surface area contributed by atoms with Gasteiger partial charge in [-0.25, -0.2) is 0 Å². The van der Waals surface area contributed by atoms with Crippen LogP contribution in [0, 0.1) is 0 Å². The Morgan fingerprint density at radius 2 is 1.88 bits per heavy atom. The van der Waals surface area contributed by atoms with E-state index in [0.29, 0.717) is 0 Å². The van der Waals surface area contributed by atoms with Gasteiger partial charge in [0, 0.05) is 13.1 Å². The van der Waals surface area contributed by atoms with Crippen LogP contribution in [0.2, 0.25) is 0 Å². The molecule has 1 aromatic rings. The molecule has 88 valence electrons. The zero-order valence-electron chi connectivity index (χ0n) is 10.5. The van der Waals surface area contributed by atoms with Crippen molar-refractivity contribution < 1.29 is 0 Å². The molecule has 1 rings (SSSR count). The van der Waals surface area contributed by atoms with Gasteiger partial charge in [-0.1, -0.05) is 56.2 Å². The molecule has 0 atom stereocenters. The molecular formula is C15H23N. The minimum atomic E-state index is 1.01. The summed E-state index contributed by atoms with van der Waals surface area (Å²) in [6, 6.07) is 10.6. The number of benzene rings is 1. The molecule has 0 aliphatic carbocycles. The van der Waals surface area contributed by atoms with E-state index in [1.54, 1.807) is 0 Å². The van der Waals surface area contributed by atoms with Gasteiger partial charge in [0.25, 0.3) is 0 Å². The van der Waals surface area contributed by atoms with E-state index < -0.39 is 0 Å². The normalized spacial score (nSPS) is 10.9. The largest absolute Gasteiger partial charge is 0.374 e. The lowest BCUT2D eigenvalue weighted by Crippen LogP contribution is -2.15. The van der Waals surface area contributed by atoms with E-state index >= 15 is 0 Å². The maximum absolute atomic E-state index is 2.35. The minimum Gasteiger partial charge on any atom is -0.374 e. The number of rotatable bonds is 7. The molecular weight excluding hydrogens is 194 g/mol. The van der Waals surface area contributed by atoms with Gasteiger partial charge in [-0.3, -0.25) is 0 Å². The number of hydrogen-bond acceptors (Lipinski definition) is 1. The molecule has 0 bridgehead atoms. The lowest BCUT2D eigenvalue weighted by molar-refractivity contribution is 0.388. The van der Waals surface area contributed by atoms with Gasteiger partial charge in [0.1, 0.15) is 0 Å². The highest BCUT2D eigenvalue weighted by molar-refractivity contribution is 5.14. The van der Waals surface area contributed by atoms with Gasteiger partial charge in [0.15, 0.2) is 0 Å².